The Morgan fingerprint density at radius 3 is 2.26 bits per heavy atom. The maximum Gasteiger partial charge on any atom is 0.269 e. The molecule has 0 radical (unpaired) electrons. The van der Waals surface area contributed by atoms with Gasteiger partial charge in [-0.1, -0.05) is 30.3 Å². The van der Waals surface area contributed by atoms with Crippen molar-refractivity contribution in [3.8, 4) is 17.1 Å². The van der Waals surface area contributed by atoms with Crippen molar-refractivity contribution >= 4 is 29.1 Å². The Balaban J connectivity index is 1.49. The fraction of sp³-hybridized carbons (Fsp3) is 0.0357. The lowest BCUT2D eigenvalue weighted by atomic mass is 10.1. The number of furan rings is 1. The molecule has 1 aliphatic rings. The zero-order valence-electron chi connectivity index (χ0n) is 18.8. The molecule has 0 saturated heterocycles. The van der Waals surface area contributed by atoms with E-state index >= 15 is 0 Å². The van der Waals surface area contributed by atoms with Gasteiger partial charge >= 0.3 is 0 Å². The van der Waals surface area contributed by atoms with Gasteiger partial charge < -0.3 is 9.15 Å². The summed E-state index contributed by atoms with van der Waals surface area (Å²) in [5.41, 5.74) is 3.58. The summed E-state index contributed by atoms with van der Waals surface area (Å²) in [4.78, 5) is 25.6. The molecule has 2 heterocycles. The van der Waals surface area contributed by atoms with Crippen LogP contribution >= 0.6 is 0 Å². The number of carbonyl (C=O) groups excluding carboxylic acids is 1. The highest BCUT2D eigenvalue weighted by Gasteiger charge is 2.30. The first-order valence-electron chi connectivity index (χ1n) is 10.9. The van der Waals surface area contributed by atoms with E-state index in [4.69, 9.17) is 9.15 Å². The Morgan fingerprint density at radius 1 is 0.886 bits per heavy atom. The van der Waals surface area contributed by atoms with Gasteiger partial charge in [-0.15, -0.1) is 0 Å². The average molecular weight is 464 g/mol. The summed E-state index contributed by atoms with van der Waals surface area (Å²) in [6.07, 6.45) is 3.54. The molecule has 0 spiro atoms. The fourth-order valence-electron chi connectivity index (χ4n) is 3.91. The van der Waals surface area contributed by atoms with E-state index in [-0.39, 0.29) is 11.6 Å². The van der Waals surface area contributed by atoms with Crippen LogP contribution in [0.4, 0.5) is 11.4 Å². The lowest BCUT2D eigenvalue weighted by Gasteiger charge is -2.21. The van der Waals surface area contributed by atoms with Crippen molar-refractivity contribution in [2.75, 3.05) is 12.0 Å². The Morgan fingerprint density at radius 2 is 1.60 bits per heavy atom. The third kappa shape index (κ3) is 4.35. The fourth-order valence-corrected chi connectivity index (χ4v) is 3.91. The second kappa shape index (κ2) is 9.15. The Kier molecular flexibility index (Phi) is 5.73. The molecule has 0 fully saturated rings. The summed E-state index contributed by atoms with van der Waals surface area (Å²) in [7, 11) is 1.60. The number of benzene rings is 3. The summed E-state index contributed by atoms with van der Waals surface area (Å²) < 4.78 is 11.2. The highest BCUT2D eigenvalue weighted by atomic mass is 16.6. The second-order valence-electron chi connectivity index (χ2n) is 7.84. The SMILES string of the molecule is COc1ccc(N2C(=O)C(=Cc3ccc(-c4ccc([N+](=O)[O-])cc4)o3)C=C2c2ccccc2)cc1. The number of ether oxygens (including phenoxy) is 1. The maximum absolute atomic E-state index is 13.5. The van der Waals surface area contributed by atoms with Crippen molar-refractivity contribution in [2.45, 2.75) is 0 Å². The number of methoxy groups -OCH3 is 1. The van der Waals surface area contributed by atoms with Crippen LogP contribution in [0.2, 0.25) is 0 Å². The molecule has 172 valence electrons. The third-order valence-corrected chi connectivity index (χ3v) is 5.67. The predicted molar refractivity (Wildman–Crippen MR) is 134 cm³/mol. The van der Waals surface area contributed by atoms with Gasteiger partial charge in [0.15, 0.2) is 0 Å². The number of hydrogen-bond acceptors (Lipinski definition) is 5. The van der Waals surface area contributed by atoms with Gasteiger partial charge in [-0.05, 0) is 66.2 Å². The van der Waals surface area contributed by atoms with Crippen LogP contribution in [-0.2, 0) is 4.79 Å². The number of amides is 1. The topological polar surface area (TPSA) is 85.8 Å². The minimum atomic E-state index is -0.446. The van der Waals surface area contributed by atoms with Gasteiger partial charge in [0.25, 0.3) is 11.6 Å². The molecule has 7 heteroatoms. The molecule has 3 aromatic carbocycles. The highest BCUT2D eigenvalue weighted by Crippen LogP contribution is 2.36. The number of carbonyl (C=O) groups is 1. The van der Waals surface area contributed by atoms with Gasteiger partial charge in [-0.25, -0.2) is 0 Å². The van der Waals surface area contributed by atoms with Gasteiger partial charge in [0, 0.05) is 29.0 Å². The molecule has 5 rings (SSSR count). The maximum atomic E-state index is 13.5. The van der Waals surface area contributed by atoms with E-state index in [1.807, 2.05) is 60.7 Å². The van der Waals surface area contributed by atoms with Crippen LogP contribution in [0.25, 0.3) is 23.1 Å². The number of nitro benzene ring substituents is 1. The van der Waals surface area contributed by atoms with Crippen LogP contribution in [0.15, 0.2) is 107 Å². The molecule has 0 aliphatic carbocycles. The van der Waals surface area contributed by atoms with Crippen LogP contribution < -0.4 is 9.64 Å². The zero-order chi connectivity index (χ0) is 24.4. The van der Waals surface area contributed by atoms with E-state index in [0.717, 1.165) is 16.9 Å². The first kappa shape index (κ1) is 21.9. The molecule has 1 aliphatic heterocycles. The molecule has 0 bridgehead atoms. The molecule has 1 aromatic heterocycles. The first-order valence-corrected chi connectivity index (χ1v) is 10.9. The van der Waals surface area contributed by atoms with Crippen LogP contribution in [0, 0.1) is 10.1 Å². The van der Waals surface area contributed by atoms with Crippen LogP contribution in [0.5, 0.6) is 5.75 Å². The number of anilines is 1. The van der Waals surface area contributed by atoms with Crippen molar-refractivity contribution in [1.29, 1.82) is 0 Å². The standard InChI is InChI=1S/C28H20N2O5/c1-34-24-13-11-22(12-14-24)29-26(19-5-3-2-4-6-19)18-21(28(29)31)17-25-15-16-27(35-25)20-7-9-23(10-8-20)30(32)33/h2-18H,1H3. The van der Waals surface area contributed by atoms with Crippen molar-refractivity contribution in [3.05, 3.63) is 124 Å². The smallest absolute Gasteiger partial charge is 0.269 e. The van der Waals surface area contributed by atoms with Gasteiger partial charge in [-0.2, -0.15) is 0 Å². The van der Waals surface area contributed by atoms with E-state index in [1.165, 1.54) is 12.1 Å². The van der Waals surface area contributed by atoms with Gasteiger partial charge in [0.1, 0.15) is 17.3 Å². The van der Waals surface area contributed by atoms with E-state index < -0.39 is 4.92 Å². The summed E-state index contributed by atoms with van der Waals surface area (Å²) in [5, 5.41) is 10.9. The molecular weight excluding hydrogens is 444 g/mol. The second-order valence-corrected chi connectivity index (χ2v) is 7.84. The quantitative estimate of drug-likeness (QED) is 0.189. The number of nitrogens with zero attached hydrogens (tertiary/aromatic N) is 2. The van der Waals surface area contributed by atoms with E-state index in [9.17, 15) is 14.9 Å². The molecule has 1 amide bonds. The molecule has 0 atom stereocenters. The third-order valence-electron chi connectivity index (χ3n) is 5.67. The van der Waals surface area contributed by atoms with Crippen LogP contribution in [0.1, 0.15) is 11.3 Å². The molecule has 0 saturated carbocycles. The predicted octanol–water partition coefficient (Wildman–Crippen LogP) is 6.33. The van der Waals surface area contributed by atoms with E-state index in [0.29, 0.717) is 28.4 Å². The van der Waals surface area contributed by atoms with Gasteiger partial charge in [0.2, 0.25) is 0 Å². The molecule has 0 N–H and O–H groups in total. The van der Waals surface area contributed by atoms with Crippen molar-refractivity contribution in [1.82, 2.24) is 0 Å². The number of non-ortho nitro benzene ring substituents is 1. The summed E-state index contributed by atoms with van der Waals surface area (Å²) >= 11 is 0. The first-order chi connectivity index (χ1) is 17.0. The molecular formula is C28H20N2O5. The number of hydrogen-bond donors (Lipinski definition) is 0. The zero-order valence-corrected chi connectivity index (χ0v) is 18.8. The Bertz CT molecular complexity index is 1450. The lowest BCUT2D eigenvalue weighted by molar-refractivity contribution is -0.384. The largest absolute Gasteiger partial charge is 0.497 e. The molecule has 35 heavy (non-hydrogen) atoms. The Labute approximate surface area is 201 Å². The van der Waals surface area contributed by atoms with Crippen LogP contribution in [-0.4, -0.2) is 17.9 Å². The van der Waals surface area contributed by atoms with Crippen molar-refractivity contribution < 1.29 is 18.9 Å². The summed E-state index contributed by atoms with van der Waals surface area (Å²) in [5.74, 6) is 1.58. The highest BCUT2D eigenvalue weighted by molar-refractivity contribution is 6.23. The molecule has 4 aromatic rings. The normalized spacial score (nSPS) is 14.3. The summed E-state index contributed by atoms with van der Waals surface area (Å²) in [6.45, 7) is 0. The number of nitro groups is 1. The van der Waals surface area contributed by atoms with E-state index in [2.05, 4.69) is 0 Å². The lowest BCUT2D eigenvalue weighted by Crippen LogP contribution is -2.24. The van der Waals surface area contributed by atoms with Gasteiger partial charge in [0.05, 0.1) is 17.7 Å². The molecule has 0 unspecified atom stereocenters. The van der Waals surface area contributed by atoms with Crippen molar-refractivity contribution in [2.24, 2.45) is 0 Å². The van der Waals surface area contributed by atoms with E-state index in [1.54, 1.807) is 42.4 Å². The monoisotopic (exact) mass is 464 g/mol. The van der Waals surface area contributed by atoms with Crippen LogP contribution in [0.3, 0.4) is 0 Å². The number of rotatable bonds is 6. The van der Waals surface area contributed by atoms with Gasteiger partial charge in [-0.3, -0.25) is 19.8 Å². The Hall–Kier alpha value is -4.91. The average Bonchev–Trinajstić information content (AvgIpc) is 3.49. The minimum Gasteiger partial charge on any atom is -0.497 e. The summed E-state index contributed by atoms with van der Waals surface area (Å²) in [6, 6.07) is 26.7. The minimum absolute atomic E-state index is 0.0106. The molecule has 7 nitrogen and oxygen atoms in total. The van der Waals surface area contributed by atoms with Crippen molar-refractivity contribution in [3.63, 3.8) is 0 Å².